The van der Waals surface area contributed by atoms with E-state index in [-0.39, 0.29) is 5.91 Å². The number of aromatic amines is 1. The van der Waals surface area contributed by atoms with E-state index < -0.39 is 0 Å². The van der Waals surface area contributed by atoms with E-state index >= 15 is 0 Å². The molecule has 2 aromatic carbocycles. The normalized spacial score (nSPS) is 10.7. The number of H-pyrrole nitrogens is 1. The molecule has 3 aromatic rings. The zero-order chi connectivity index (χ0) is 14.1. The van der Waals surface area contributed by atoms with Gasteiger partial charge in [0.1, 0.15) is 0 Å². The molecule has 2 N–H and O–H groups in total. The fourth-order valence-electron chi connectivity index (χ4n) is 1.95. The van der Waals surface area contributed by atoms with Crippen LogP contribution in [0.25, 0.3) is 10.9 Å². The van der Waals surface area contributed by atoms with E-state index in [1.165, 1.54) is 0 Å². The van der Waals surface area contributed by atoms with Crippen molar-refractivity contribution in [3.05, 3.63) is 57.1 Å². The maximum atomic E-state index is 12.3. The smallest absolute Gasteiger partial charge is 0.255 e. The summed E-state index contributed by atoms with van der Waals surface area (Å²) in [6.45, 7) is 0. The molecule has 1 amide bonds. The molecule has 3 rings (SSSR count). The van der Waals surface area contributed by atoms with Gasteiger partial charge in [0, 0.05) is 19.9 Å². The van der Waals surface area contributed by atoms with Gasteiger partial charge in [-0.3, -0.25) is 9.89 Å². The van der Waals surface area contributed by atoms with E-state index in [0.717, 1.165) is 19.8 Å². The fraction of sp³-hybridized carbons (Fsp3) is 0. The Hall–Kier alpha value is -1.66. The monoisotopic (exact) mass is 393 g/mol. The van der Waals surface area contributed by atoms with Crippen molar-refractivity contribution >= 4 is 54.4 Å². The molecule has 4 nitrogen and oxygen atoms in total. The molecule has 0 saturated heterocycles. The number of carbonyl (C=O) groups excluding carboxylic acids is 1. The molecular weight excluding hydrogens is 386 g/mol. The van der Waals surface area contributed by atoms with Crippen LogP contribution in [-0.4, -0.2) is 16.1 Å². The predicted molar refractivity (Wildman–Crippen MR) is 85.9 cm³/mol. The highest BCUT2D eigenvalue weighted by atomic mass is 79.9. The minimum atomic E-state index is -0.172. The average Bonchev–Trinajstić information content (AvgIpc) is 2.87. The number of nitrogens with zero attached hydrogens (tertiary/aromatic N) is 1. The lowest BCUT2D eigenvalue weighted by molar-refractivity contribution is 0.102. The van der Waals surface area contributed by atoms with Crippen LogP contribution < -0.4 is 5.32 Å². The summed E-state index contributed by atoms with van der Waals surface area (Å²) in [7, 11) is 0. The molecule has 20 heavy (non-hydrogen) atoms. The third-order valence-corrected chi connectivity index (χ3v) is 3.77. The number of hydrogen-bond donors (Lipinski definition) is 2. The third-order valence-electron chi connectivity index (χ3n) is 2.85. The number of anilines is 1. The van der Waals surface area contributed by atoms with Gasteiger partial charge in [0.05, 0.1) is 17.4 Å². The van der Waals surface area contributed by atoms with Gasteiger partial charge >= 0.3 is 0 Å². The van der Waals surface area contributed by atoms with E-state index in [1.54, 1.807) is 18.3 Å². The first-order chi connectivity index (χ1) is 9.63. The van der Waals surface area contributed by atoms with Crippen LogP contribution in [0.4, 0.5) is 5.69 Å². The van der Waals surface area contributed by atoms with Crippen molar-refractivity contribution in [1.29, 1.82) is 0 Å². The maximum absolute atomic E-state index is 12.3. The molecule has 100 valence electrons. The van der Waals surface area contributed by atoms with Crippen LogP contribution >= 0.6 is 31.9 Å². The Kier molecular flexibility index (Phi) is 3.58. The number of hydrogen-bond acceptors (Lipinski definition) is 2. The van der Waals surface area contributed by atoms with Gasteiger partial charge in [-0.2, -0.15) is 5.10 Å². The number of fused-ring (bicyclic) bond motifs is 1. The molecule has 0 aliphatic rings. The van der Waals surface area contributed by atoms with E-state index in [1.807, 2.05) is 24.3 Å². The molecule has 0 radical (unpaired) electrons. The lowest BCUT2D eigenvalue weighted by atomic mass is 10.2. The van der Waals surface area contributed by atoms with Crippen molar-refractivity contribution in [3.63, 3.8) is 0 Å². The number of aromatic nitrogens is 2. The summed E-state index contributed by atoms with van der Waals surface area (Å²) in [5.74, 6) is -0.172. The first kappa shape index (κ1) is 13.3. The number of para-hydroxylation sites is 1. The first-order valence-corrected chi connectivity index (χ1v) is 7.41. The summed E-state index contributed by atoms with van der Waals surface area (Å²) in [5.41, 5.74) is 2.10. The molecule has 1 heterocycles. The van der Waals surface area contributed by atoms with Crippen molar-refractivity contribution in [1.82, 2.24) is 10.2 Å². The zero-order valence-corrected chi connectivity index (χ0v) is 13.3. The number of halogens is 2. The van der Waals surface area contributed by atoms with Crippen LogP contribution in [0.15, 0.2) is 51.5 Å². The van der Waals surface area contributed by atoms with Crippen molar-refractivity contribution in [2.24, 2.45) is 0 Å². The number of nitrogens with one attached hydrogen (secondary N) is 2. The van der Waals surface area contributed by atoms with Crippen molar-refractivity contribution in [2.45, 2.75) is 0 Å². The van der Waals surface area contributed by atoms with Gasteiger partial charge in [-0.15, -0.1) is 0 Å². The van der Waals surface area contributed by atoms with E-state index in [0.29, 0.717) is 11.3 Å². The highest BCUT2D eigenvalue weighted by molar-refractivity contribution is 9.11. The Morgan fingerprint density at radius 1 is 1.15 bits per heavy atom. The van der Waals surface area contributed by atoms with Gasteiger partial charge in [0.15, 0.2) is 0 Å². The summed E-state index contributed by atoms with van der Waals surface area (Å²) in [4.78, 5) is 12.3. The lowest BCUT2D eigenvalue weighted by Crippen LogP contribution is -2.12. The molecule has 6 heteroatoms. The lowest BCUT2D eigenvalue weighted by Gasteiger charge is -2.07. The highest BCUT2D eigenvalue weighted by Gasteiger charge is 2.10. The molecule has 0 aliphatic heterocycles. The second-order valence-corrected chi connectivity index (χ2v) is 6.08. The molecule has 0 fully saturated rings. The van der Waals surface area contributed by atoms with Gasteiger partial charge in [-0.05, 0) is 24.3 Å². The van der Waals surface area contributed by atoms with E-state index in [2.05, 4.69) is 47.4 Å². The van der Waals surface area contributed by atoms with Gasteiger partial charge in [0.25, 0.3) is 5.91 Å². The Morgan fingerprint density at radius 3 is 2.65 bits per heavy atom. The average molecular weight is 395 g/mol. The van der Waals surface area contributed by atoms with Crippen LogP contribution in [0.3, 0.4) is 0 Å². The Labute approximate surface area is 131 Å². The minimum absolute atomic E-state index is 0.172. The highest BCUT2D eigenvalue weighted by Crippen LogP contribution is 2.23. The van der Waals surface area contributed by atoms with Gasteiger partial charge in [0.2, 0.25) is 0 Å². The molecule has 0 spiro atoms. The molecule has 1 aromatic heterocycles. The van der Waals surface area contributed by atoms with Crippen molar-refractivity contribution < 1.29 is 4.79 Å². The fourth-order valence-corrected chi connectivity index (χ4v) is 3.25. The molecule has 0 unspecified atom stereocenters. The largest absolute Gasteiger partial charge is 0.320 e. The van der Waals surface area contributed by atoms with Crippen LogP contribution in [-0.2, 0) is 0 Å². The van der Waals surface area contributed by atoms with Gasteiger partial charge in [-0.25, -0.2) is 0 Å². The predicted octanol–water partition coefficient (Wildman–Crippen LogP) is 4.34. The molecule has 0 saturated carbocycles. The Bertz CT molecular complexity index is 778. The molecule has 0 atom stereocenters. The molecular formula is C14H9Br2N3O. The first-order valence-electron chi connectivity index (χ1n) is 5.83. The van der Waals surface area contributed by atoms with Crippen LogP contribution in [0.2, 0.25) is 0 Å². The Balaban J connectivity index is 1.94. The summed E-state index contributed by atoms with van der Waals surface area (Å²) < 4.78 is 1.69. The maximum Gasteiger partial charge on any atom is 0.255 e. The standard InChI is InChI=1S/C14H9Br2N3O/c15-10-4-9(5-11(16)6-10)14(20)18-12-3-1-2-8-7-17-19-13(8)12/h1-7H,(H,17,19)(H,18,20). The summed E-state index contributed by atoms with van der Waals surface area (Å²) in [5, 5.41) is 10.7. The second-order valence-electron chi connectivity index (χ2n) is 4.25. The summed E-state index contributed by atoms with van der Waals surface area (Å²) >= 11 is 6.75. The Morgan fingerprint density at radius 2 is 1.90 bits per heavy atom. The van der Waals surface area contributed by atoms with Crippen LogP contribution in [0.5, 0.6) is 0 Å². The number of benzene rings is 2. The molecule has 0 aliphatic carbocycles. The minimum Gasteiger partial charge on any atom is -0.320 e. The van der Waals surface area contributed by atoms with Crippen LogP contribution in [0, 0.1) is 0 Å². The number of amides is 1. The van der Waals surface area contributed by atoms with E-state index in [9.17, 15) is 4.79 Å². The van der Waals surface area contributed by atoms with E-state index in [4.69, 9.17) is 0 Å². The molecule has 0 bridgehead atoms. The van der Waals surface area contributed by atoms with Crippen molar-refractivity contribution in [3.8, 4) is 0 Å². The zero-order valence-electron chi connectivity index (χ0n) is 10.2. The second kappa shape index (κ2) is 5.38. The quantitative estimate of drug-likeness (QED) is 0.679. The topological polar surface area (TPSA) is 57.8 Å². The van der Waals surface area contributed by atoms with Gasteiger partial charge < -0.3 is 5.32 Å². The number of rotatable bonds is 2. The summed E-state index contributed by atoms with van der Waals surface area (Å²) in [6.07, 6.45) is 1.72. The summed E-state index contributed by atoms with van der Waals surface area (Å²) in [6, 6.07) is 11.1. The van der Waals surface area contributed by atoms with Crippen molar-refractivity contribution in [2.75, 3.05) is 5.32 Å². The van der Waals surface area contributed by atoms with Gasteiger partial charge in [-0.1, -0.05) is 44.0 Å². The third kappa shape index (κ3) is 2.62. The number of carbonyl (C=O) groups is 1. The van der Waals surface area contributed by atoms with Crippen LogP contribution in [0.1, 0.15) is 10.4 Å². The SMILES string of the molecule is O=C(Nc1cccc2cn[nH]c12)c1cc(Br)cc(Br)c1.